The van der Waals surface area contributed by atoms with Crippen molar-refractivity contribution in [3.05, 3.63) is 16.8 Å². The highest BCUT2D eigenvalue weighted by atomic mass is 79.9. The summed E-state index contributed by atoms with van der Waals surface area (Å²) in [5.41, 5.74) is 5.79. The van der Waals surface area contributed by atoms with Crippen molar-refractivity contribution in [2.75, 3.05) is 0 Å². The topological polar surface area (TPSA) is 89.4 Å². The van der Waals surface area contributed by atoms with E-state index in [2.05, 4.69) is 20.9 Å². The number of carboxylic acid groups (broad SMARTS) is 1. The van der Waals surface area contributed by atoms with Crippen LogP contribution in [0.3, 0.4) is 0 Å². The van der Waals surface area contributed by atoms with E-state index in [1.165, 1.54) is 6.26 Å². The van der Waals surface area contributed by atoms with Gasteiger partial charge in [-0.05, 0) is 0 Å². The Hall–Kier alpha value is -0.880. The zero-order chi connectivity index (χ0) is 9.14. The molecule has 0 aromatic carbocycles. The third-order valence-corrected chi connectivity index (χ3v) is 1.63. The van der Waals surface area contributed by atoms with Crippen molar-refractivity contribution >= 4 is 21.9 Å². The van der Waals surface area contributed by atoms with Gasteiger partial charge in [0.2, 0.25) is 0 Å². The molecule has 66 valence electrons. The Morgan fingerprint density at radius 1 is 1.92 bits per heavy atom. The number of oxazole rings is 1. The van der Waals surface area contributed by atoms with Crippen LogP contribution in [0, 0.1) is 0 Å². The second-order valence-corrected chi connectivity index (χ2v) is 2.92. The van der Waals surface area contributed by atoms with Gasteiger partial charge in [0.15, 0.2) is 0 Å². The van der Waals surface area contributed by atoms with E-state index < -0.39 is 12.0 Å². The lowest BCUT2D eigenvalue weighted by atomic mass is 10.2. The zero-order valence-corrected chi connectivity index (χ0v) is 7.61. The maximum absolute atomic E-state index is 10.3. The molecule has 0 aliphatic rings. The van der Waals surface area contributed by atoms with Gasteiger partial charge in [0.05, 0.1) is 5.69 Å². The van der Waals surface area contributed by atoms with Gasteiger partial charge < -0.3 is 15.3 Å². The van der Waals surface area contributed by atoms with Crippen LogP contribution in [0.5, 0.6) is 0 Å². The third kappa shape index (κ3) is 2.31. The van der Waals surface area contributed by atoms with Crippen LogP contribution in [0.4, 0.5) is 0 Å². The molecule has 0 fully saturated rings. The number of rotatable bonds is 3. The van der Waals surface area contributed by atoms with Crippen molar-refractivity contribution in [3.8, 4) is 0 Å². The van der Waals surface area contributed by atoms with E-state index in [9.17, 15) is 4.79 Å². The number of aliphatic carboxylic acids is 1. The quantitative estimate of drug-likeness (QED) is 0.790. The molecule has 0 aliphatic heterocycles. The van der Waals surface area contributed by atoms with Crippen LogP contribution in [-0.2, 0) is 11.2 Å². The van der Waals surface area contributed by atoms with Crippen molar-refractivity contribution in [1.82, 2.24) is 4.98 Å². The fourth-order valence-electron chi connectivity index (χ4n) is 0.689. The number of carbonyl (C=O) groups is 1. The number of nitrogens with zero attached hydrogens (tertiary/aromatic N) is 1. The van der Waals surface area contributed by atoms with E-state index in [-0.39, 0.29) is 6.42 Å². The summed E-state index contributed by atoms with van der Waals surface area (Å²) in [5, 5.41) is 8.46. The third-order valence-electron chi connectivity index (χ3n) is 1.27. The Kier molecular flexibility index (Phi) is 2.83. The van der Waals surface area contributed by atoms with E-state index in [0.29, 0.717) is 10.5 Å². The van der Waals surface area contributed by atoms with Gasteiger partial charge >= 0.3 is 5.97 Å². The standard InChI is InChI=1S/C6H7BrN2O3/c7-6-9-3(2-12-6)1-4(8)5(10)11/h2,4H,1,8H2,(H,10,11)/t4-/m0/s1. The largest absolute Gasteiger partial charge is 0.480 e. The second kappa shape index (κ2) is 3.68. The highest BCUT2D eigenvalue weighted by Gasteiger charge is 2.14. The SMILES string of the molecule is N[C@@H](Cc1coc(Br)n1)C(=O)O. The van der Waals surface area contributed by atoms with E-state index in [4.69, 9.17) is 15.3 Å². The molecule has 3 N–H and O–H groups in total. The lowest BCUT2D eigenvalue weighted by Crippen LogP contribution is -2.32. The maximum Gasteiger partial charge on any atom is 0.320 e. The average Bonchev–Trinajstić information content (AvgIpc) is 2.35. The molecule has 0 spiro atoms. The minimum Gasteiger partial charge on any atom is -0.480 e. The summed E-state index contributed by atoms with van der Waals surface area (Å²) < 4.78 is 4.80. The van der Waals surface area contributed by atoms with Crippen LogP contribution < -0.4 is 5.73 Å². The maximum atomic E-state index is 10.3. The monoisotopic (exact) mass is 234 g/mol. The van der Waals surface area contributed by atoms with Crippen molar-refractivity contribution in [3.63, 3.8) is 0 Å². The van der Waals surface area contributed by atoms with E-state index in [1.807, 2.05) is 0 Å². The van der Waals surface area contributed by atoms with Crippen LogP contribution in [0.2, 0.25) is 0 Å². The first-order chi connectivity index (χ1) is 5.59. The molecule has 1 aromatic rings. The van der Waals surface area contributed by atoms with Crippen LogP contribution in [0.25, 0.3) is 0 Å². The Balaban J connectivity index is 2.58. The lowest BCUT2D eigenvalue weighted by Gasteiger charge is -2.00. The summed E-state index contributed by atoms with van der Waals surface area (Å²) in [5.74, 6) is -1.05. The molecule has 0 amide bonds. The molecule has 1 atom stereocenters. The first-order valence-electron chi connectivity index (χ1n) is 3.18. The molecule has 1 rings (SSSR count). The number of nitrogens with two attached hydrogens (primary N) is 1. The van der Waals surface area contributed by atoms with Crippen molar-refractivity contribution in [2.45, 2.75) is 12.5 Å². The van der Waals surface area contributed by atoms with Crippen LogP contribution in [-0.4, -0.2) is 22.1 Å². The summed E-state index contributed by atoms with van der Waals surface area (Å²) in [6.45, 7) is 0. The number of hydrogen-bond donors (Lipinski definition) is 2. The summed E-state index contributed by atoms with van der Waals surface area (Å²) >= 11 is 2.99. The predicted octanol–water partition coefficient (Wildman–Crippen LogP) is 0.392. The molecule has 5 nitrogen and oxygen atoms in total. The van der Waals surface area contributed by atoms with E-state index in [1.54, 1.807) is 0 Å². The van der Waals surface area contributed by atoms with Crippen LogP contribution in [0.1, 0.15) is 5.69 Å². The van der Waals surface area contributed by atoms with Gasteiger partial charge in [-0.15, -0.1) is 0 Å². The molecule has 12 heavy (non-hydrogen) atoms. The number of hydrogen-bond acceptors (Lipinski definition) is 4. The highest BCUT2D eigenvalue weighted by molar-refractivity contribution is 9.10. The van der Waals surface area contributed by atoms with Crippen molar-refractivity contribution < 1.29 is 14.3 Å². The number of halogens is 1. The molecule has 1 aromatic heterocycles. The summed E-state index contributed by atoms with van der Waals surface area (Å²) in [4.78, 5) is 14.5. The van der Waals surface area contributed by atoms with Gasteiger partial charge in [-0.1, -0.05) is 0 Å². The molecular weight excluding hydrogens is 228 g/mol. The second-order valence-electron chi connectivity index (χ2n) is 2.24. The molecular formula is C6H7BrN2O3. The van der Waals surface area contributed by atoms with Gasteiger partial charge in [0.25, 0.3) is 4.80 Å². The minimum absolute atomic E-state index is 0.171. The summed E-state index contributed by atoms with van der Waals surface area (Å²) in [6.07, 6.45) is 1.54. The number of carboxylic acids is 1. The van der Waals surface area contributed by atoms with Crippen molar-refractivity contribution in [2.24, 2.45) is 5.73 Å². The molecule has 0 saturated heterocycles. The Labute approximate surface area is 76.7 Å². The lowest BCUT2D eigenvalue weighted by molar-refractivity contribution is -0.138. The average molecular weight is 235 g/mol. The Bertz CT molecular complexity index is 286. The molecule has 0 saturated carbocycles. The smallest absolute Gasteiger partial charge is 0.320 e. The first-order valence-corrected chi connectivity index (χ1v) is 3.97. The predicted molar refractivity (Wildman–Crippen MR) is 43.5 cm³/mol. The molecule has 0 radical (unpaired) electrons. The van der Waals surface area contributed by atoms with Crippen LogP contribution >= 0.6 is 15.9 Å². The Morgan fingerprint density at radius 3 is 3.00 bits per heavy atom. The molecule has 1 heterocycles. The molecule has 0 aliphatic carbocycles. The van der Waals surface area contributed by atoms with Gasteiger partial charge in [0.1, 0.15) is 12.3 Å². The highest BCUT2D eigenvalue weighted by Crippen LogP contribution is 2.09. The number of aromatic nitrogens is 1. The minimum atomic E-state index is -1.05. The molecule has 6 heteroatoms. The zero-order valence-electron chi connectivity index (χ0n) is 6.03. The van der Waals surface area contributed by atoms with Gasteiger partial charge in [-0.3, -0.25) is 4.79 Å². The fourth-order valence-corrected chi connectivity index (χ4v) is 1.01. The summed E-state index contributed by atoms with van der Waals surface area (Å²) in [7, 11) is 0. The van der Waals surface area contributed by atoms with Crippen LogP contribution in [0.15, 0.2) is 15.5 Å². The molecule has 0 bridgehead atoms. The summed E-state index contributed by atoms with van der Waals surface area (Å²) in [6, 6.07) is -0.929. The first kappa shape index (κ1) is 9.21. The van der Waals surface area contributed by atoms with E-state index in [0.717, 1.165) is 0 Å². The Morgan fingerprint density at radius 2 is 2.58 bits per heavy atom. The van der Waals surface area contributed by atoms with Gasteiger partial charge in [-0.25, -0.2) is 4.98 Å². The normalized spacial score (nSPS) is 12.8. The van der Waals surface area contributed by atoms with Gasteiger partial charge in [0, 0.05) is 22.4 Å². The fraction of sp³-hybridized carbons (Fsp3) is 0.333. The van der Waals surface area contributed by atoms with Crippen molar-refractivity contribution in [1.29, 1.82) is 0 Å². The molecule has 0 unspecified atom stereocenters. The van der Waals surface area contributed by atoms with Gasteiger partial charge in [-0.2, -0.15) is 0 Å². The van der Waals surface area contributed by atoms with E-state index >= 15 is 0 Å².